The SMILES string of the molecule is Cc1noc(C(C)ONC(=O)C2CCCC2)n1. The molecule has 1 fully saturated rings. The van der Waals surface area contributed by atoms with Crippen LogP contribution in [0.5, 0.6) is 0 Å². The zero-order valence-corrected chi connectivity index (χ0v) is 10.1. The van der Waals surface area contributed by atoms with Gasteiger partial charge in [0, 0.05) is 5.92 Å². The zero-order chi connectivity index (χ0) is 12.3. The molecule has 1 amide bonds. The molecule has 0 bridgehead atoms. The lowest BCUT2D eigenvalue weighted by Crippen LogP contribution is -2.30. The molecule has 1 atom stereocenters. The third kappa shape index (κ3) is 3.03. The number of nitrogens with zero attached hydrogens (tertiary/aromatic N) is 2. The zero-order valence-electron chi connectivity index (χ0n) is 10.1. The van der Waals surface area contributed by atoms with Crippen molar-refractivity contribution in [3.05, 3.63) is 11.7 Å². The number of rotatable bonds is 4. The lowest BCUT2D eigenvalue weighted by molar-refractivity contribution is -0.143. The molecule has 1 aliphatic rings. The van der Waals surface area contributed by atoms with E-state index in [1.54, 1.807) is 13.8 Å². The Balaban J connectivity index is 1.79. The highest BCUT2D eigenvalue weighted by atomic mass is 16.7. The first-order valence-electron chi connectivity index (χ1n) is 5.92. The predicted octanol–water partition coefficient (Wildman–Crippen LogP) is 1.68. The van der Waals surface area contributed by atoms with Gasteiger partial charge in [0.05, 0.1) is 0 Å². The molecule has 1 aromatic rings. The summed E-state index contributed by atoms with van der Waals surface area (Å²) in [5, 5.41) is 3.66. The van der Waals surface area contributed by atoms with E-state index < -0.39 is 6.10 Å². The summed E-state index contributed by atoms with van der Waals surface area (Å²) in [6.07, 6.45) is 3.71. The van der Waals surface area contributed by atoms with Crippen molar-refractivity contribution in [1.82, 2.24) is 15.6 Å². The maximum Gasteiger partial charge on any atom is 0.258 e. The largest absolute Gasteiger partial charge is 0.336 e. The van der Waals surface area contributed by atoms with E-state index in [0.29, 0.717) is 11.7 Å². The molecule has 0 spiro atoms. The molecule has 1 saturated carbocycles. The molecule has 0 aromatic carbocycles. The molecule has 0 radical (unpaired) electrons. The van der Waals surface area contributed by atoms with Crippen LogP contribution < -0.4 is 5.48 Å². The van der Waals surface area contributed by atoms with E-state index in [1.165, 1.54) is 0 Å². The van der Waals surface area contributed by atoms with Crippen LogP contribution in [-0.4, -0.2) is 16.0 Å². The van der Waals surface area contributed by atoms with Crippen LogP contribution in [0.25, 0.3) is 0 Å². The number of nitrogens with one attached hydrogen (secondary N) is 1. The van der Waals surface area contributed by atoms with Gasteiger partial charge in [-0.15, -0.1) is 0 Å². The van der Waals surface area contributed by atoms with Crippen molar-refractivity contribution in [3.63, 3.8) is 0 Å². The maximum absolute atomic E-state index is 11.7. The van der Waals surface area contributed by atoms with Crippen molar-refractivity contribution < 1.29 is 14.2 Å². The number of carbonyl (C=O) groups excluding carboxylic acids is 1. The number of hydroxylamine groups is 1. The number of amides is 1. The first-order chi connectivity index (χ1) is 8.16. The van der Waals surface area contributed by atoms with Crippen LogP contribution in [0.15, 0.2) is 4.52 Å². The highest BCUT2D eigenvalue weighted by molar-refractivity contribution is 5.77. The molecule has 6 heteroatoms. The predicted molar refractivity (Wildman–Crippen MR) is 58.6 cm³/mol. The van der Waals surface area contributed by atoms with E-state index in [1.807, 2.05) is 0 Å². The lowest BCUT2D eigenvalue weighted by atomic mass is 10.1. The van der Waals surface area contributed by atoms with E-state index in [4.69, 9.17) is 9.36 Å². The Morgan fingerprint density at radius 1 is 1.53 bits per heavy atom. The standard InChI is InChI=1S/C11H17N3O3/c1-7(11-12-8(2)13-17-11)16-14-10(15)9-5-3-4-6-9/h7,9H,3-6H2,1-2H3,(H,14,15). The number of aromatic nitrogens is 2. The number of carbonyl (C=O) groups is 1. The normalized spacial score (nSPS) is 18.2. The Hall–Kier alpha value is -1.43. The van der Waals surface area contributed by atoms with Crippen LogP contribution in [0.2, 0.25) is 0 Å². The minimum atomic E-state index is -0.429. The Bertz CT molecular complexity index is 385. The molecule has 1 N–H and O–H groups in total. The summed E-state index contributed by atoms with van der Waals surface area (Å²) in [5.41, 5.74) is 2.47. The van der Waals surface area contributed by atoms with Crippen LogP contribution in [0.4, 0.5) is 0 Å². The minimum Gasteiger partial charge on any atom is -0.336 e. The average molecular weight is 239 g/mol. The summed E-state index contributed by atoms with van der Waals surface area (Å²) in [6, 6.07) is 0. The highest BCUT2D eigenvalue weighted by Crippen LogP contribution is 2.25. The summed E-state index contributed by atoms with van der Waals surface area (Å²) in [4.78, 5) is 20.9. The first-order valence-corrected chi connectivity index (χ1v) is 5.92. The van der Waals surface area contributed by atoms with Crippen molar-refractivity contribution in [2.75, 3.05) is 0 Å². The van der Waals surface area contributed by atoms with E-state index >= 15 is 0 Å². The summed E-state index contributed by atoms with van der Waals surface area (Å²) in [6.45, 7) is 3.48. The molecule has 1 unspecified atom stereocenters. The van der Waals surface area contributed by atoms with E-state index in [-0.39, 0.29) is 11.8 Å². The molecule has 1 heterocycles. The average Bonchev–Trinajstić information content (AvgIpc) is 2.95. The van der Waals surface area contributed by atoms with Gasteiger partial charge in [0.1, 0.15) is 0 Å². The van der Waals surface area contributed by atoms with Crippen LogP contribution >= 0.6 is 0 Å². The van der Waals surface area contributed by atoms with Gasteiger partial charge in [-0.1, -0.05) is 18.0 Å². The smallest absolute Gasteiger partial charge is 0.258 e. The fraction of sp³-hybridized carbons (Fsp3) is 0.727. The second-order valence-corrected chi connectivity index (χ2v) is 4.39. The van der Waals surface area contributed by atoms with Crippen molar-refractivity contribution in [3.8, 4) is 0 Å². The molecule has 0 saturated heterocycles. The summed E-state index contributed by atoms with van der Waals surface area (Å²) >= 11 is 0. The third-order valence-corrected chi connectivity index (χ3v) is 2.95. The topological polar surface area (TPSA) is 77.3 Å². The van der Waals surface area contributed by atoms with E-state index in [0.717, 1.165) is 25.7 Å². The second kappa shape index (κ2) is 5.27. The monoisotopic (exact) mass is 239 g/mol. The molecule has 2 rings (SSSR count). The van der Waals surface area contributed by atoms with Crippen molar-refractivity contribution >= 4 is 5.91 Å². The molecule has 6 nitrogen and oxygen atoms in total. The molecule has 1 aliphatic carbocycles. The van der Waals surface area contributed by atoms with Crippen LogP contribution in [-0.2, 0) is 9.63 Å². The van der Waals surface area contributed by atoms with Gasteiger partial charge in [-0.3, -0.25) is 9.63 Å². The molecule has 1 aromatic heterocycles. The van der Waals surface area contributed by atoms with Gasteiger partial charge in [0.2, 0.25) is 5.91 Å². The van der Waals surface area contributed by atoms with Gasteiger partial charge < -0.3 is 4.52 Å². The van der Waals surface area contributed by atoms with Gasteiger partial charge >= 0.3 is 0 Å². The Morgan fingerprint density at radius 3 is 2.82 bits per heavy atom. The number of hydrogen-bond donors (Lipinski definition) is 1. The Kier molecular flexibility index (Phi) is 3.73. The van der Waals surface area contributed by atoms with Gasteiger partial charge in [-0.25, -0.2) is 5.48 Å². The minimum absolute atomic E-state index is 0.0504. The molecular formula is C11H17N3O3. The highest BCUT2D eigenvalue weighted by Gasteiger charge is 2.24. The summed E-state index contributed by atoms with van der Waals surface area (Å²) < 4.78 is 4.95. The Labute approximate surface area is 99.7 Å². The van der Waals surface area contributed by atoms with Crippen LogP contribution in [0.3, 0.4) is 0 Å². The van der Waals surface area contributed by atoms with Gasteiger partial charge in [0.15, 0.2) is 11.9 Å². The lowest BCUT2D eigenvalue weighted by Gasteiger charge is -2.12. The van der Waals surface area contributed by atoms with Crippen molar-refractivity contribution in [1.29, 1.82) is 0 Å². The maximum atomic E-state index is 11.7. The quantitative estimate of drug-likeness (QED) is 0.809. The second-order valence-electron chi connectivity index (χ2n) is 4.39. The summed E-state index contributed by atoms with van der Waals surface area (Å²) in [5.74, 6) is 0.962. The van der Waals surface area contributed by atoms with Crippen molar-refractivity contribution in [2.24, 2.45) is 5.92 Å². The van der Waals surface area contributed by atoms with E-state index in [9.17, 15) is 4.79 Å². The Morgan fingerprint density at radius 2 is 2.24 bits per heavy atom. The summed E-state index contributed by atoms with van der Waals surface area (Å²) in [7, 11) is 0. The molecule has 17 heavy (non-hydrogen) atoms. The van der Waals surface area contributed by atoms with Crippen molar-refractivity contribution in [2.45, 2.75) is 45.6 Å². The van der Waals surface area contributed by atoms with Gasteiger partial charge in [-0.2, -0.15) is 4.98 Å². The number of hydrogen-bond acceptors (Lipinski definition) is 5. The van der Waals surface area contributed by atoms with Crippen LogP contribution in [0, 0.1) is 12.8 Å². The number of aryl methyl sites for hydroxylation is 1. The molecule has 94 valence electrons. The fourth-order valence-electron chi connectivity index (χ4n) is 1.95. The van der Waals surface area contributed by atoms with E-state index in [2.05, 4.69) is 15.6 Å². The first kappa shape index (κ1) is 12.0. The van der Waals surface area contributed by atoms with Gasteiger partial charge in [-0.05, 0) is 26.7 Å². The molecule has 0 aliphatic heterocycles. The fourth-order valence-corrected chi connectivity index (χ4v) is 1.95. The third-order valence-electron chi connectivity index (χ3n) is 2.95. The van der Waals surface area contributed by atoms with Gasteiger partial charge in [0.25, 0.3) is 5.89 Å². The molecular weight excluding hydrogens is 222 g/mol. The van der Waals surface area contributed by atoms with Crippen LogP contribution in [0.1, 0.15) is 50.4 Å².